The molecule has 2 aliphatic heterocycles. The van der Waals surface area contributed by atoms with Gasteiger partial charge >= 0.3 is 6.18 Å². The van der Waals surface area contributed by atoms with Crippen LogP contribution in [0, 0.1) is 11.6 Å². The average molecular weight is 514 g/mol. The Morgan fingerprint density at radius 2 is 1.97 bits per heavy atom. The minimum absolute atomic E-state index is 0. The number of hydrogen-bond acceptors (Lipinski definition) is 5. The fourth-order valence-corrected chi connectivity index (χ4v) is 4.81. The van der Waals surface area contributed by atoms with E-state index in [2.05, 4.69) is 20.4 Å². The molecule has 4 aromatic rings. The van der Waals surface area contributed by atoms with Gasteiger partial charge in [-0.1, -0.05) is 0 Å². The number of carbonyl (C=O) groups is 1. The highest BCUT2D eigenvalue weighted by Gasteiger charge is 2.41. The van der Waals surface area contributed by atoms with Gasteiger partial charge in [-0.2, -0.15) is 18.3 Å². The van der Waals surface area contributed by atoms with Gasteiger partial charge in [-0.3, -0.25) is 18.9 Å². The van der Waals surface area contributed by atoms with E-state index in [0.717, 1.165) is 21.7 Å². The van der Waals surface area contributed by atoms with Crippen LogP contribution in [0.3, 0.4) is 0 Å². The molecular weight excluding hydrogens is 497 g/mol. The molecule has 0 radical (unpaired) electrons. The van der Waals surface area contributed by atoms with Gasteiger partial charge in [0.2, 0.25) is 0 Å². The predicted molar refractivity (Wildman–Crippen MR) is 116 cm³/mol. The summed E-state index contributed by atoms with van der Waals surface area (Å²) in [6, 6.07) is 2.17. The molecule has 14 heteroatoms. The molecule has 2 bridgehead atoms. The van der Waals surface area contributed by atoms with Crippen molar-refractivity contribution in [3.8, 4) is 11.4 Å². The lowest BCUT2D eigenvalue weighted by atomic mass is 10.2. The quantitative estimate of drug-likeness (QED) is 0.426. The molecular formula is C21H17ClF5N7O. The number of hydrogen-bond donors (Lipinski definition) is 1. The lowest BCUT2D eigenvalue weighted by Gasteiger charge is -2.27. The SMILES string of the molecule is Cl.O=C(c1cc2c(cn1)c(-c1cnc3c(F)cc(F)cn13)nn2CC(F)(F)F)N1CC2CC1CN2. The third-order valence-corrected chi connectivity index (χ3v) is 6.27. The highest BCUT2D eigenvalue weighted by atomic mass is 35.5. The summed E-state index contributed by atoms with van der Waals surface area (Å²) in [5, 5.41) is 7.55. The van der Waals surface area contributed by atoms with Crippen molar-refractivity contribution < 1.29 is 26.7 Å². The van der Waals surface area contributed by atoms with Crippen LogP contribution < -0.4 is 5.32 Å². The second-order valence-corrected chi connectivity index (χ2v) is 8.50. The van der Waals surface area contributed by atoms with Crippen LogP contribution in [-0.2, 0) is 6.54 Å². The molecule has 6 rings (SSSR count). The minimum Gasteiger partial charge on any atom is -0.331 e. The van der Waals surface area contributed by atoms with Crippen LogP contribution in [0.5, 0.6) is 0 Å². The van der Waals surface area contributed by atoms with Gasteiger partial charge in [0.25, 0.3) is 5.91 Å². The maximum Gasteiger partial charge on any atom is 0.408 e. The summed E-state index contributed by atoms with van der Waals surface area (Å²) >= 11 is 0. The molecule has 0 aromatic carbocycles. The molecule has 0 saturated carbocycles. The van der Waals surface area contributed by atoms with Crippen LogP contribution in [0.2, 0.25) is 0 Å². The highest BCUT2D eigenvalue weighted by Crippen LogP contribution is 2.32. The number of likely N-dealkylation sites (tertiary alicyclic amines) is 1. The Labute approximate surface area is 200 Å². The van der Waals surface area contributed by atoms with Crippen LogP contribution >= 0.6 is 12.4 Å². The number of halogens is 6. The summed E-state index contributed by atoms with van der Waals surface area (Å²) in [7, 11) is 0. The topological polar surface area (TPSA) is 80.4 Å². The van der Waals surface area contributed by atoms with Crippen molar-refractivity contribution in [1.82, 2.24) is 34.4 Å². The van der Waals surface area contributed by atoms with Gasteiger partial charge in [-0.25, -0.2) is 13.8 Å². The number of pyridine rings is 2. The van der Waals surface area contributed by atoms with E-state index in [4.69, 9.17) is 0 Å². The second kappa shape index (κ2) is 8.12. The first-order chi connectivity index (χ1) is 16.2. The lowest BCUT2D eigenvalue weighted by Crippen LogP contribution is -2.46. The van der Waals surface area contributed by atoms with Crippen molar-refractivity contribution >= 4 is 34.9 Å². The van der Waals surface area contributed by atoms with Gasteiger partial charge < -0.3 is 10.2 Å². The molecule has 2 atom stereocenters. The zero-order valence-electron chi connectivity index (χ0n) is 17.8. The van der Waals surface area contributed by atoms with E-state index < -0.39 is 24.4 Å². The summed E-state index contributed by atoms with van der Waals surface area (Å²) in [6.45, 7) is -0.246. The Morgan fingerprint density at radius 1 is 1.17 bits per heavy atom. The van der Waals surface area contributed by atoms with E-state index in [1.807, 2.05) is 0 Å². The van der Waals surface area contributed by atoms with E-state index in [0.29, 0.717) is 19.2 Å². The molecule has 4 aromatic heterocycles. The number of nitrogens with zero attached hydrogens (tertiary/aromatic N) is 6. The first kappa shape index (κ1) is 23.4. The third kappa shape index (κ3) is 3.88. The molecule has 2 fully saturated rings. The lowest BCUT2D eigenvalue weighted by molar-refractivity contribution is -0.141. The summed E-state index contributed by atoms with van der Waals surface area (Å²) in [5.41, 5.74) is -0.0756. The standard InChI is InChI=1S/C21H16F5N7O.ClH/c22-10-1-14(23)19-29-6-17(32(19)7-10)18-13-5-28-15(3-16(13)33(30-18)9-21(24,25)26)20(34)31-8-11-2-12(31)4-27-11;/h1,3,5-7,11-12,27H,2,4,8-9H2;1H. The van der Waals surface area contributed by atoms with E-state index in [-0.39, 0.29) is 64.0 Å². The zero-order chi connectivity index (χ0) is 23.8. The number of alkyl halides is 3. The molecule has 2 saturated heterocycles. The van der Waals surface area contributed by atoms with Gasteiger partial charge in [0, 0.05) is 49.0 Å². The Morgan fingerprint density at radius 3 is 2.66 bits per heavy atom. The Balaban J connectivity index is 0.00000253. The smallest absolute Gasteiger partial charge is 0.331 e. The Kier molecular flexibility index (Phi) is 5.44. The highest BCUT2D eigenvalue weighted by molar-refractivity contribution is 5.99. The number of carbonyl (C=O) groups excluding carboxylic acids is 1. The average Bonchev–Trinajstić information content (AvgIpc) is 3.55. The molecule has 2 aliphatic rings. The largest absolute Gasteiger partial charge is 0.408 e. The van der Waals surface area contributed by atoms with Crippen LogP contribution in [-0.4, -0.2) is 66.3 Å². The molecule has 184 valence electrons. The fourth-order valence-electron chi connectivity index (χ4n) is 4.81. The van der Waals surface area contributed by atoms with Gasteiger partial charge in [0.15, 0.2) is 11.5 Å². The molecule has 0 spiro atoms. The summed E-state index contributed by atoms with van der Waals surface area (Å²) in [4.78, 5) is 22.8. The zero-order valence-corrected chi connectivity index (χ0v) is 18.6. The number of aromatic nitrogens is 5. The normalized spacial score (nSPS) is 19.6. The van der Waals surface area contributed by atoms with Gasteiger partial charge in [0.05, 0.1) is 17.4 Å². The number of amides is 1. The number of rotatable bonds is 3. The molecule has 6 heterocycles. The molecule has 2 unspecified atom stereocenters. The molecule has 35 heavy (non-hydrogen) atoms. The first-order valence-electron chi connectivity index (χ1n) is 10.5. The van der Waals surface area contributed by atoms with Crippen LogP contribution in [0.25, 0.3) is 27.9 Å². The van der Waals surface area contributed by atoms with Gasteiger partial charge in [-0.15, -0.1) is 12.4 Å². The second-order valence-electron chi connectivity index (χ2n) is 8.50. The van der Waals surface area contributed by atoms with Crippen molar-refractivity contribution in [2.24, 2.45) is 0 Å². The Hall–Kier alpha value is -3.32. The molecule has 0 aliphatic carbocycles. The number of nitrogens with one attached hydrogen (secondary N) is 1. The summed E-state index contributed by atoms with van der Waals surface area (Å²) < 4.78 is 69.7. The number of fused-ring (bicyclic) bond motifs is 4. The maximum absolute atomic E-state index is 14.1. The van der Waals surface area contributed by atoms with E-state index in [1.54, 1.807) is 4.90 Å². The molecule has 8 nitrogen and oxygen atoms in total. The fraction of sp³-hybridized carbons (Fsp3) is 0.333. The van der Waals surface area contributed by atoms with Crippen molar-refractivity contribution in [3.63, 3.8) is 0 Å². The van der Waals surface area contributed by atoms with Crippen LogP contribution in [0.15, 0.2) is 30.7 Å². The third-order valence-electron chi connectivity index (χ3n) is 6.27. The van der Waals surface area contributed by atoms with E-state index >= 15 is 0 Å². The first-order valence-corrected chi connectivity index (χ1v) is 10.5. The number of imidazole rings is 1. The predicted octanol–water partition coefficient (Wildman–Crippen LogP) is 3.19. The summed E-state index contributed by atoms with van der Waals surface area (Å²) in [6.07, 6.45) is -0.339. The van der Waals surface area contributed by atoms with Crippen molar-refractivity contribution in [2.45, 2.75) is 31.2 Å². The van der Waals surface area contributed by atoms with Gasteiger partial charge in [-0.05, 0) is 12.5 Å². The monoisotopic (exact) mass is 513 g/mol. The van der Waals surface area contributed by atoms with Crippen LogP contribution in [0.1, 0.15) is 16.9 Å². The number of piperazine rings is 1. The van der Waals surface area contributed by atoms with Crippen LogP contribution in [0.4, 0.5) is 22.0 Å². The minimum atomic E-state index is -4.60. The molecule has 1 amide bonds. The van der Waals surface area contributed by atoms with Crippen molar-refractivity contribution in [1.29, 1.82) is 0 Å². The van der Waals surface area contributed by atoms with Crippen molar-refractivity contribution in [2.75, 3.05) is 13.1 Å². The van der Waals surface area contributed by atoms with E-state index in [1.165, 1.54) is 18.5 Å². The maximum atomic E-state index is 14.1. The molecule has 1 N–H and O–H groups in total. The Bertz CT molecular complexity index is 1470. The van der Waals surface area contributed by atoms with Gasteiger partial charge in [0.1, 0.15) is 23.7 Å². The van der Waals surface area contributed by atoms with Crippen molar-refractivity contribution in [3.05, 3.63) is 48.1 Å². The summed E-state index contributed by atoms with van der Waals surface area (Å²) in [5.74, 6) is -2.18. The van der Waals surface area contributed by atoms with E-state index in [9.17, 15) is 26.7 Å².